The molecule has 3 aromatic rings. The standard InChI is InChI=1S/C31H23Cl2IN2O5/c1-35-28(40)30(32)14-22-20(10-11-21-24(22)27(39)36(26(21)38)16-8-6-15(34)7-9-16)25(31(30,33)29(35)41)19-12-13-23(37)18-5-3-2-4-17(18)19/h2-10,12-13,21-22,24-25,37H,11,14H2,1H3/t21-,22+,24-,25-,30+,31-/m0/s1. The van der Waals surface area contributed by atoms with E-state index in [0.717, 1.165) is 14.0 Å². The number of anilines is 1. The van der Waals surface area contributed by atoms with Crippen LogP contribution in [0.25, 0.3) is 10.8 Å². The summed E-state index contributed by atoms with van der Waals surface area (Å²) in [5.74, 6) is -4.70. The summed E-state index contributed by atoms with van der Waals surface area (Å²) in [5, 5.41) is 11.8. The number of hydrogen-bond donors (Lipinski definition) is 1. The molecule has 4 amide bonds. The average Bonchev–Trinajstić information content (AvgIpc) is 3.29. The van der Waals surface area contributed by atoms with E-state index < -0.39 is 45.2 Å². The Hall–Kier alpha value is -2.95. The molecule has 4 aliphatic rings. The van der Waals surface area contributed by atoms with Crippen molar-refractivity contribution in [3.05, 3.63) is 81.4 Å². The van der Waals surface area contributed by atoms with Crippen molar-refractivity contribution in [1.82, 2.24) is 4.90 Å². The van der Waals surface area contributed by atoms with Crippen LogP contribution in [0.15, 0.2) is 72.3 Å². The van der Waals surface area contributed by atoms with E-state index >= 15 is 0 Å². The first-order valence-corrected chi connectivity index (χ1v) is 15.1. The first-order valence-electron chi connectivity index (χ1n) is 13.2. The van der Waals surface area contributed by atoms with E-state index in [-0.39, 0.29) is 30.4 Å². The van der Waals surface area contributed by atoms with Crippen LogP contribution in [0.3, 0.4) is 0 Å². The number of carbonyl (C=O) groups is 4. The number of imide groups is 2. The summed E-state index contributed by atoms with van der Waals surface area (Å²) >= 11 is 16.7. The van der Waals surface area contributed by atoms with Crippen molar-refractivity contribution in [3.8, 4) is 5.75 Å². The molecule has 0 unspecified atom stereocenters. The first-order chi connectivity index (χ1) is 19.5. The summed E-state index contributed by atoms with van der Waals surface area (Å²) in [6.07, 6.45) is 2.14. The fraction of sp³-hybridized carbons (Fsp3) is 0.290. The van der Waals surface area contributed by atoms with Crippen molar-refractivity contribution < 1.29 is 24.3 Å². The van der Waals surface area contributed by atoms with Crippen LogP contribution < -0.4 is 4.90 Å². The third-order valence-corrected chi connectivity index (χ3v) is 11.5. The number of amides is 4. The molecular formula is C31H23Cl2IN2O5. The highest BCUT2D eigenvalue weighted by atomic mass is 127. The van der Waals surface area contributed by atoms with Gasteiger partial charge in [-0.1, -0.05) is 42.0 Å². The Bertz CT molecular complexity index is 1740. The van der Waals surface area contributed by atoms with Crippen molar-refractivity contribution in [1.29, 1.82) is 0 Å². The smallest absolute Gasteiger partial charge is 0.253 e. The lowest BCUT2D eigenvalue weighted by Crippen LogP contribution is -2.60. The minimum absolute atomic E-state index is 0.0610. The zero-order chi connectivity index (χ0) is 29.0. The number of benzene rings is 3. The molecule has 41 heavy (non-hydrogen) atoms. The second-order valence-corrected chi connectivity index (χ2v) is 13.7. The molecular weight excluding hydrogens is 678 g/mol. The number of hydrogen-bond acceptors (Lipinski definition) is 5. The second kappa shape index (κ2) is 9.02. The number of nitrogens with zero attached hydrogens (tertiary/aromatic N) is 2. The summed E-state index contributed by atoms with van der Waals surface area (Å²) in [4.78, 5) is 53.7. The van der Waals surface area contributed by atoms with Gasteiger partial charge in [-0.15, -0.1) is 23.2 Å². The van der Waals surface area contributed by atoms with Gasteiger partial charge >= 0.3 is 0 Å². The number of carbonyl (C=O) groups excluding carboxylic acids is 4. The van der Waals surface area contributed by atoms with Gasteiger partial charge in [-0.25, -0.2) is 0 Å². The van der Waals surface area contributed by atoms with Crippen molar-refractivity contribution in [2.24, 2.45) is 17.8 Å². The molecule has 1 saturated carbocycles. The predicted molar refractivity (Wildman–Crippen MR) is 163 cm³/mol. The van der Waals surface area contributed by atoms with Gasteiger partial charge in [0.1, 0.15) is 5.75 Å². The van der Waals surface area contributed by atoms with Crippen LogP contribution in [0.1, 0.15) is 24.3 Å². The number of fused-ring (bicyclic) bond motifs is 5. The fourth-order valence-electron chi connectivity index (χ4n) is 7.49. The molecule has 6 atom stereocenters. The molecule has 2 aliphatic carbocycles. The number of allylic oxidation sites excluding steroid dienone is 2. The van der Waals surface area contributed by atoms with Crippen molar-refractivity contribution in [2.45, 2.75) is 28.5 Å². The molecule has 3 aromatic carbocycles. The summed E-state index contributed by atoms with van der Waals surface area (Å²) in [7, 11) is 1.37. The summed E-state index contributed by atoms with van der Waals surface area (Å²) < 4.78 is 0.971. The van der Waals surface area contributed by atoms with Gasteiger partial charge in [0.2, 0.25) is 11.8 Å². The molecule has 0 radical (unpaired) electrons. The predicted octanol–water partition coefficient (Wildman–Crippen LogP) is 5.34. The fourth-order valence-corrected chi connectivity index (χ4v) is 8.86. The topological polar surface area (TPSA) is 95.0 Å². The Morgan fingerprint density at radius 1 is 0.878 bits per heavy atom. The molecule has 0 aromatic heterocycles. The van der Waals surface area contributed by atoms with Gasteiger partial charge in [-0.05, 0) is 82.6 Å². The largest absolute Gasteiger partial charge is 0.507 e. The molecule has 2 heterocycles. The number of halogens is 3. The number of rotatable bonds is 2. The Morgan fingerprint density at radius 3 is 2.27 bits per heavy atom. The molecule has 7 nitrogen and oxygen atoms in total. The first kappa shape index (κ1) is 26.9. The summed E-state index contributed by atoms with van der Waals surface area (Å²) in [6.45, 7) is 0. The van der Waals surface area contributed by atoms with Crippen molar-refractivity contribution in [3.63, 3.8) is 0 Å². The number of aromatic hydroxyl groups is 1. The van der Waals surface area contributed by atoms with E-state index in [4.69, 9.17) is 23.2 Å². The van der Waals surface area contributed by atoms with Gasteiger partial charge in [-0.2, -0.15) is 0 Å². The van der Waals surface area contributed by atoms with Crippen LogP contribution in [0.2, 0.25) is 0 Å². The number of alkyl halides is 2. The van der Waals surface area contributed by atoms with Crippen LogP contribution in [0, 0.1) is 21.3 Å². The maximum Gasteiger partial charge on any atom is 0.253 e. The van der Waals surface area contributed by atoms with Gasteiger partial charge in [-0.3, -0.25) is 29.0 Å². The molecule has 2 aliphatic heterocycles. The maximum atomic E-state index is 14.1. The van der Waals surface area contributed by atoms with E-state index in [1.807, 2.05) is 30.3 Å². The lowest BCUT2D eigenvalue weighted by atomic mass is 9.56. The molecule has 0 bridgehead atoms. The van der Waals surface area contributed by atoms with Crippen LogP contribution >= 0.6 is 45.8 Å². The highest BCUT2D eigenvalue weighted by molar-refractivity contribution is 14.1. The zero-order valence-electron chi connectivity index (χ0n) is 21.7. The minimum atomic E-state index is -1.88. The highest BCUT2D eigenvalue weighted by Crippen LogP contribution is 2.66. The lowest BCUT2D eigenvalue weighted by Gasteiger charge is -2.51. The summed E-state index contributed by atoms with van der Waals surface area (Å²) in [6, 6.07) is 17.6. The van der Waals surface area contributed by atoms with Crippen LogP contribution in [0.5, 0.6) is 5.75 Å². The Morgan fingerprint density at radius 2 is 1.56 bits per heavy atom. The molecule has 7 rings (SSSR count). The SMILES string of the molecule is CN1C(=O)[C@]2(Cl)C[C@@H]3C(=CC[C@@H]4C(=O)N(c5ccc(I)cc5)C(=O)[C@@H]43)[C@H](c3ccc(O)c4ccccc34)[C@]2(Cl)C1=O. The van der Waals surface area contributed by atoms with E-state index in [2.05, 4.69) is 22.6 Å². The normalized spacial score (nSPS) is 32.7. The minimum Gasteiger partial charge on any atom is -0.507 e. The van der Waals surface area contributed by atoms with Gasteiger partial charge in [0.25, 0.3) is 11.8 Å². The molecule has 208 valence electrons. The van der Waals surface area contributed by atoms with Crippen molar-refractivity contribution >= 4 is 85.9 Å². The van der Waals surface area contributed by atoms with E-state index in [1.54, 1.807) is 30.3 Å². The number of likely N-dealkylation sites (tertiary alicyclic amines) is 1. The molecule has 3 fully saturated rings. The van der Waals surface area contributed by atoms with Crippen molar-refractivity contribution in [2.75, 3.05) is 11.9 Å². The van der Waals surface area contributed by atoms with Gasteiger partial charge in [0.05, 0.1) is 17.5 Å². The van der Waals surface area contributed by atoms with E-state index in [0.29, 0.717) is 22.0 Å². The van der Waals surface area contributed by atoms with Crippen LogP contribution in [-0.2, 0) is 19.2 Å². The average molecular weight is 701 g/mol. The van der Waals surface area contributed by atoms with E-state index in [1.165, 1.54) is 18.0 Å². The van der Waals surface area contributed by atoms with Crippen LogP contribution in [0.4, 0.5) is 5.69 Å². The third-order valence-electron chi connectivity index (χ3n) is 9.34. The second-order valence-electron chi connectivity index (χ2n) is 11.2. The van der Waals surface area contributed by atoms with Crippen LogP contribution in [-0.4, -0.2) is 50.4 Å². The number of phenolic OH excluding ortho intramolecular Hbond substituents is 1. The van der Waals surface area contributed by atoms with Gasteiger partial charge in [0, 0.05) is 21.9 Å². The Balaban J connectivity index is 1.44. The maximum absolute atomic E-state index is 14.1. The van der Waals surface area contributed by atoms with E-state index in [9.17, 15) is 24.3 Å². The molecule has 0 spiro atoms. The molecule has 1 N–H and O–H groups in total. The van der Waals surface area contributed by atoms with Gasteiger partial charge in [0.15, 0.2) is 9.75 Å². The molecule has 2 saturated heterocycles. The third kappa shape index (κ3) is 3.38. The summed E-state index contributed by atoms with van der Waals surface area (Å²) in [5.41, 5.74) is 1.83. The number of phenols is 1. The monoisotopic (exact) mass is 700 g/mol. The quantitative estimate of drug-likeness (QED) is 0.169. The molecule has 10 heteroatoms. The zero-order valence-corrected chi connectivity index (χ0v) is 25.4. The van der Waals surface area contributed by atoms with Gasteiger partial charge < -0.3 is 5.11 Å². The Labute approximate surface area is 259 Å². The Kier molecular flexibility index (Phi) is 5.92. The lowest BCUT2D eigenvalue weighted by molar-refractivity contribution is -0.138. The highest BCUT2D eigenvalue weighted by Gasteiger charge is 2.76.